The Kier molecular flexibility index (Phi) is 4.98. The van der Waals surface area contributed by atoms with Gasteiger partial charge in [-0.2, -0.15) is 0 Å². The fourth-order valence-corrected chi connectivity index (χ4v) is 3.29. The molecule has 1 aliphatic heterocycles. The second kappa shape index (κ2) is 6.53. The standard InChI is InChI=1S/C18H27NO/c1-13-5-8-19(9-6-13)10-7-17(20)18-15(3)11-14(2)12-16(18)4/h11-13H,5-10H2,1-4H3. The number of carbonyl (C=O) groups is 1. The van der Waals surface area contributed by atoms with Gasteiger partial charge in [-0.05, 0) is 63.7 Å². The average molecular weight is 273 g/mol. The molecule has 0 N–H and O–H groups in total. The van der Waals surface area contributed by atoms with E-state index in [9.17, 15) is 4.79 Å². The molecule has 0 radical (unpaired) electrons. The maximum absolute atomic E-state index is 12.5. The highest BCUT2D eigenvalue weighted by molar-refractivity contribution is 5.99. The van der Waals surface area contributed by atoms with Crippen LogP contribution in [0, 0.1) is 26.7 Å². The summed E-state index contributed by atoms with van der Waals surface area (Å²) in [6, 6.07) is 4.23. The lowest BCUT2D eigenvalue weighted by Crippen LogP contribution is -2.34. The van der Waals surface area contributed by atoms with Crippen molar-refractivity contribution in [1.29, 1.82) is 0 Å². The van der Waals surface area contributed by atoms with E-state index < -0.39 is 0 Å². The molecule has 0 bridgehead atoms. The third-order valence-corrected chi connectivity index (χ3v) is 4.49. The zero-order valence-electron chi connectivity index (χ0n) is 13.3. The van der Waals surface area contributed by atoms with Crippen LogP contribution in [0.5, 0.6) is 0 Å². The summed E-state index contributed by atoms with van der Waals surface area (Å²) in [5, 5.41) is 0. The highest BCUT2D eigenvalue weighted by Crippen LogP contribution is 2.20. The quantitative estimate of drug-likeness (QED) is 0.775. The summed E-state index contributed by atoms with van der Waals surface area (Å²) in [6.45, 7) is 11.7. The molecule has 2 rings (SSSR count). The molecule has 1 aromatic carbocycles. The number of Topliss-reactive ketones (excluding diaryl/α,β-unsaturated/α-hetero) is 1. The molecule has 20 heavy (non-hydrogen) atoms. The molecule has 0 amide bonds. The molecule has 1 aromatic rings. The summed E-state index contributed by atoms with van der Waals surface area (Å²) in [4.78, 5) is 14.9. The van der Waals surface area contributed by atoms with E-state index in [1.165, 1.54) is 18.4 Å². The number of likely N-dealkylation sites (tertiary alicyclic amines) is 1. The largest absolute Gasteiger partial charge is 0.303 e. The Morgan fingerprint density at radius 1 is 1.15 bits per heavy atom. The second-order valence-electron chi connectivity index (χ2n) is 6.47. The molecule has 1 heterocycles. The number of carbonyl (C=O) groups excluding carboxylic acids is 1. The zero-order valence-corrected chi connectivity index (χ0v) is 13.3. The molecule has 2 nitrogen and oxygen atoms in total. The van der Waals surface area contributed by atoms with Crippen LogP contribution in [0.1, 0.15) is 53.2 Å². The van der Waals surface area contributed by atoms with Gasteiger partial charge >= 0.3 is 0 Å². The Bertz CT molecular complexity index is 461. The molecule has 0 saturated carbocycles. The van der Waals surface area contributed by atoms with E-state index in [-0.39, 0.29) is 0 Å². The van der Waals surface area contributed by atoms with E-state index in [1.807, 2.05) is 0 Å². The van der Waals surface area contributed by atoms with Crippen molar-refractivity contribution in [1.82, 2.24) is 4.90 Å². The highest BCUT2D eigenvalue weighted by Gasteiger charge is 2.18. The van der Waals surface area contributed by atoms with E-state index in [1.54, 1.807) is 0 Å². The van der Waals surface area contributed by atoms with Gasteiger partial charge < -0.3 is 4.90 Å². The lowest BCUT2D eigenvalue weighted by Gasteiger charge is -2.30. The molecule has 0 aromatic heterocycles. The smallest absolute Gasteiger partial charge is 0.164 e. The number of benzene rings is 1. The van der Waals surface area contributed by atoms with Gasteiger partial charge in [-0.25, -0.2) is 0 Å². The molecule has 2 heteroatoms. The molecule has 1 saturated heterocycles. The van der Waals surface area contributed by atoms with Crippen LogP contribution in [-0.2, 0) is 0 Å². The minimum Gasteiger partial charge on any atom is -0.303 e. The van der Waals surface area contributed by atoms with Gasteiger partial charge in [-0.3, -0.25) is 4.79 Å². The number of piperidine rings is 1. The van der Waals surface area contributed by atoms with Gasteiger partial charge in [0.1, 0.15) is 0 Å². The molecule has 110 valence electrons. The number of ketones is 1. The average Bonchev–Trinajstić information content (AvgIpc) is 2.37. The molecular weight excluding hydrogens is 246 g/mol. The fourth-order valence-electron chi connectivity index (χ4n) is 3.29. The predicted molar refractivity (Wildman–Crippen MR) is 84.4 cm³/mol. The van der Waals surface area contributed by atoms with E-state index in [4.69, 9.17) is 0 Å². The molecule has 0 unspecified atom stereocenters. The van der Waals surface area contributed by atoms with Gasteiger partial charge in [0.15, 0.2) is 5.78 Å². The Hall–Kier alpha value is -1.15. The van der Waals surface area contributed by atoms with Crippen molar-refractivity contribution in [2.45, 2.75) is 47.0 Å². The van der Waals surface area contributed by atoms with E-state index >= 15 is 0 Å². The van der Waals surface area contributed by atoms with Crippen LogP contribution >= 0.6 is 0 Å². The second-order valence-corrected chi connectivity index (χ2v) is 6.47. The van der Waals surface area contributed by atoms with Crippen LogP contribution in [0.4, 0.5) is 0 Å². The minimum atomic E-state index is 0.304. The fraction of sp³-hybridized carbons (Fsp3) is 0.611. The zero-order chi connectivity index (χ0) is 14.7. The van der Waals surface area contributed by atoms with Gasteiger partial charge in [-0.1, -0.05) is 24.6 Å². The van der Waals surface area contributed by atoms with Crippen molar-refractivity contribution in [3.8, 4) is 0 Å². The molecule has 0 atom stereocenters. The van der Waals surface area contributed by atoms with E-state index in [0.717, 1.165) is 42.2 Å². The lowest BCUT2D eigenvalue weighted by atomic mass is 9.94. The van der Waals surface area contributed by atoms with Crippen molar-refractivity contribution in [2.24, 2.45) is 5.92 Å². The monoisotopic (exact) mass is 273 g/mol. The van der Waals surface area contributed by atoms with Crippen LogP contribution < -0.4 is 0 Å². The van der Waals surface area contributed by atoms with Crippen LogP contribution in [0.25, 0.3) is 0 Å². The topological polar surface area (TPSA) is 20.3 Å². The maximum Gasteiger partial charge on any atom is 0.164 e. The molecule has 0 aliphatic carbocycles. The van der Waals surface area contributed by atoms with Gasteiger partial charge in [0, 0.05) is 18.5 Å². The van der Waals surface area contributed by atoms with Gasteiger partial charge in [0.2, 0.25) is 0 Å². The first-order chi connectivity index (χ1) is 9.47. The predicted octanol–water partition coefficient (Wildman–Crippen LogP) is 3.92. The van der Waals surface area contributed by atoms with Crippen molar-refractivity contribution >= 4 is 5.78 Å². The Morgan fingerprint density at radius 3 is 2.25 bits per heavy atom. The summed E-state index contributed by atoms with van der Waals surface area (Å²) >= 11 is 0. The van der Waals surface area contributed by atoms with Crippen molar-refractivity contribution in [3.05, 3.63) is 34.4 Å². The first-order valence-corrected chi connectivity index (χ1v) is 7.80. The third kappa shape index (κ3) is 3.69. The Morgan fingerprint density at radius 2 is 1.70 bits per heavy atom. The number of hydrogen-bond donors (Lipinski definition) is 0. The summed E-state index contributed by atoms with van der Waals surface area (Å²) < 4.78 is 0. The molecule has 1 fully saturated rings. The Balaban J connectivity index is 1.95. The highest BCUT2D eigenvalue weighted by atomic mass is 16.1. The number of nitrogens with zero attached hydrogens (tertiary/aromatic N) is 1. The van der Waals surface area contributed by atoms with Crippen LogP contribution in [0.3, 0.4) is 0 Å². The molecule has 0 spiro atoms. The Labute approximate surface area is 123 Å². The summed E-state index contributed by atoms with van der Waals surface area (Å²) in [7, 11) is 0. The molecule has 1 aliphatic rings. The van der Waals surface area contributed by atoms with Crippen molar-refractivity contribution in [2.75, 3.05) is 19.6 Å². The SMILES string of the molecule is Cc1cc(C)c(C(=O)CCN2CCC(C)CC2)c(C)c1. The van der Waals surface area contributed by atoms with Gasteiger partial charge in [-0.15, -0.1) is 0 Å². The normalized spacial score (nSPS) is 17.4. The van der Waals surface area contributed by atoms with Gasteiger partial charge in [0.25, 0.3) is 0 Å². The number of hydrogen-bond acceptors (Lipinski definition) is 2. The first kappa shape index (κ1) is 15.2. The first-order valence-electron chi connectivity index (χ1n) is 7.80. The molecular formula is C18H27NO. The van der Waals surface area contributed by atoms with Crippen LogP contribution in [-0.4, -0.2) is 30.3 Å². The number of aryl methyl sites for hydroxylation is 3. The lowest BCUT2D eigenvalue weighted by molar-refractivity contribution is 0.0951. The van der Waals surface area contributed by atoms with E-state index in [0.29, 0.717) is 12.2 Å². The van der Waals surface area contributed by atoms with Crippen LogP contribution in [0.2, 0.25) is 0 Å². The summed E-state index contributed by atoms with van der Waals surface area (Å²) in [6.07, 6.45) is 3.20. The van der Waals surface area contributed by atoms with Gasteiger partial charge in [0.05, 0.1) is 0 Å². The van der Waals surface area contributed by atoms with Crippen molar-refractivity contribution < 1.29 is 4.79 Å². The maximum atomic E-state index is 12.5. The summed E-state index contributed by atoms with van der Waals surface area (Å²) in [5.41, 5.74) is 4.43. The third-order valence-electron chi connectivity index (χ3n) is 4.49. The van der Waals surface area contributed by atoms with E-state index in [2.05, 4.69) is 44.7 Å². The number of rotatable bonds is 4. The van der Waals surface area contributed by atoms with Crippen molar-refractivity contribution in [3.63, 3.8) is 0 Å². The minimum absolute atomic E-state index is 0.304. The van der Waals surface area contributed by atoms with Crippen LogP contribution in [0.15, 0.2) is 12.1 Å². The summed E-state index contributed by atoms with van der Waals surface area (Å²) in [5.74, 6) is 1.15.